The second-order valence-electron chi connectivity index (χ2n) is 7.47. The number of H-pyrrole nitrogens is 1. The lowest BCUT2D eigenvalue weighted by molar-refractivity contribution is 0.137. The van der Waals surface area contributed by atoms with Crippen LogP contribution in [0.15, 0.2) is 42.6 Å². The molecule has 2 aliphatic rings. The molecule has 3 aromatic rings. The first-order valence-corrected chi connectivity index (χ1v) is 9.69. The lowest BCUT2D eigenvalue weighted by Gasteiger charge is -2.39. The van der Waals surface area contributed by atoms with Crippen molar-refractivity contribution in [3.05, 3.63) is 53.4 Å². The molecule has 0 radical (unpaired) electrons. The van der Waals surface area contributed by atoms with E-state index in [0.717, 1.165) is 29.9 Å². The summed E-state index contributed by atoms with van der Waals surface area (Å²) in [7, 11) is 0. The topological polar surface area (TPSA) is 56.8 Å². The van der Waals surface area contributed by atoms with Crippen molar-refractivity contribution < 1.29 is 0 Å². The van der Waals surface area contributed by atoms with Crippen molar-refractivity contribution in [2.75, 3.05) is 11.9 Å². The predicted molar refractivity (Wildman–Crippen MR) is 104 cm³/mol. The number of benzene rings is 1. The highest BCUT2D eigenvalue weighted by Gasteiger charge is 2.40. The number of hydrogen-bond donors (Lipinski definition) is 2. The largest absolute Gasteiger partial charge is 0.365 e. The van der Waals surface area contributed by atoms with Crippen molar-refractivity contribution >= 4 is 28.5 Å². The van der Waals surface area contributed by atoms with E-state index in [9.17, 15) is 0 Å². The molecule has 0 spiro atoms. The van der Waals surface area contributed by atoms with Gasteiger partial charge < -0.3 is 10.3 Å². The van der Waals surface area contributed by atoms with Crippen LogP contribution in [0.2, 0.25) is 5.28 Å². The van der Waals surface area contributed by atoms with Gasteiger partial charge in [0.1, 0.15) is 11.5 Å². The molecule has 1 saturated heterocycles. The Bertz CT molecular complexity index is 909. The molecule has 2 N–H and O–H groups in total. The molecule has 0 amide bonds. The molecule has 0 unspecified atom stereocenters. The SMILES string of the molecule is Clc1nc(N[C@H]2CN(Cc3ccccc3)[C@@H]3CC[C@@H]2C3)c2cc[nH]c2n1. The molecule has 2 bridgehead atoms. The standard InChI is InChI=1S/C20H22ClN5/c21-20-24-18-16(8-9-22-18)19(25-20)23-17-12-26(15-7-6-14(17)10-15)11-13-4-2-1-3-5-13/h1-5,8-9,14-15,17H,6-7,10-12H2,(H2,22,23,24,25)/t14-,15-,17+/m1/s1. The average Bonchev–Trinajstić information content (AvgIpc) is 3.28. The summed E-state index contributed by atoms with van der Waals surface area (Å²) < 4.78 is 0. The van der Waals surface area contributed by atoms with Crippen LogP contribution in [-0.4, -0.2) is 38.5 Å². The summed E-state index contributed by atoms with van der Waals surface area (Å²) in [4.78, 5) is 14.5. The minimum absolute atomic E-state index is 0.281. The number of aromatic amines is 1. The van der Waals surface area contributed by atoms with Crippen LogP contribution in [0, 0.1) is 5.92 Å². The Morgan fingerprint density at radius 1 is 1.15 bits per heavy atom. The summed E-state index contributed by atoms with van der Waals surface area (Å²) in [6, 6.07) is 13.9. The number of anilines is 1. The first-order chi connectivity index (χ1) is 12.8. The van der Waals surface area contributed by atoms with Gasteiger partial charge in [0.05, 0.1) is 5.39 Å². The predicted octanol–water partition coefficient (Wildman–Crippen LogP) is 4.08. The zero-order valence-electron chi connectivity index (χ0n) is 14.5. The van der Waals surface area contributed by atoms with E-state index in [1.54, 1.807) is 0 Å². The molecule has 2 aromatic heterocycles. The van der Waals surface area contributed by atoms with Gasteiger partial charge in [0.2, 0.25) is 5.28 Å². The summed E-state index contributed by atoms with van der Waals surface area (Å²) in [5, 5.41) is 4.98. The summed E-state index contributed by atoms with van der Waals surface area (Å²) in [6.07, 6.45) is 5.72. The molecule has 1 saturated carbocycles. The van der Waals surface area contributed by atoms with E-state index >= 15 is 0 Å². The van der Waals surface area contributed by atoms with Crippen molar-refractivity contribution in [2.45, 2.75) is 37.9 Å². The van der Waals surface area contributed by atoms with Crippen molar-refractivity contribution in [1.29, 1.82) is 0 Å². The van der Waals surface area contributed by atoms with Gasteiger partial charge in [0, 0.05) is 31.4 Å². The molecule has 1 aromatic carbocycles. The highest BCUT2D eigenvalue weighted by atomic mass is 35.5. The lowest BCUT2D eigenvalue weighted by atomic mass is 9.93. The number of halogens is 1. The van der Waals surface area contributed by atoms with Gasteiger partial charge in [-0.2, -0.15) is 4.98 Å². The van der Waals surface area contributed by atoms with E-state index in [1.165, 1.54) is 24.8 Å². The summed E-state index contributed by atoms with van der Waals surface area (Å²) in [6.45, 7) is 2.05. The van der Waals surface area contributed by atoms with E-state index in [0.29, 0.717) is 18.0 Å². The van der Waals surface area contributed by atoms with Crippen LogP contribution in [0.4, 0.5) is 5.82 Å². The molecule has 2 fully saturated rings. The maximum atomic E-state index is 6.12. The first kappa shape index (κ1) is 16.1. The lowest BCUT2D eigenvalue weighted by Crippen LogP contribution is -2.48. The molecule has 1 aliphatic heterocycles. The van der Waals surface area contributed by atoms with E-state index in [1.807, 2.05) is 12.3 Å². The molecule has 26 heavy (non-hydrogen) atoms. The molecular formula is C20H22ClN5. The number of rotatable bonds is 4. The van der Waals surface area contributed by atoms with Gasteiger partial charge in [-0.05, 0) is 48.4 Å². The fraction of sp³-hybridized carbons (Fsp3) is 0.400. The third kappa shape index (κ3) is 2.95. The van der Waals surface area contributed by atoms with E-state index in [-0.39, 0.29) is 5.28 Å². The summed E-state index contributed by atoms with van der Waals surface area (Å²) in [5.41, 5.74) is 2.17. The Morgan fingerprint density at radius 2 is 2.04 bits per heavy atom. The van der Waals surface area contributed by atoms with Crippen LogP contribution < -0.4 is 5.32 Å². The monoisotopic (exact) mass is 367 g/mol. The van der Waals surface area contributed by atoms with Crippen LogP contribution in [0.5, 0.6) is 0 Å². The zero-order valence-corrected chi connectivity index (χ0v) is 15.3. The molecule has 5 nitrogen and oxygen atoms in total. The van der Waals surface area contributed by atoms with Crippen molar-refractivity contribution in [2.24, 2.45) is 5.92 Å². The molecule has 3 heterocycles. The number of hydrogen-bond acceptors (Lipinski definition) is 4. The molecule has 1 aliphatic carbocycles. The van der Waals surface area contributed by atoms with Crippen molar-refractivity contribution in [3.8, 4) is 0 Å². The highest BCUT2D eigenvalue weighted by molar-refractivity contribution is 6.28. The Hall–Kier alpha value is -2.11. The summed E-state index contributed by atoms with van der Waals surface area (Å²) in [5.74, 6) is 1.55. The van der Waals surface area contributed by atoms with Gasteiger partial charge in [-0.25, -0.2) is 4.98 Å². The Balaban J connectivity index is 1.39. The fourth-order valence-corrected chi connectivity index (χ4v) is 4.78. The van der Waals surface area contributed by atoms with Gasteiger partial charge in [-0.1, -0.05) is 30.3 Å². The number of likely N-dealkylation sites (tertiary alicyclic amines) is 1. The molecule has 6 heteroatoms. The molecular weight excluding hydrogens is 346 g/mol. The second-order valence-corrected chi connectivity index (χ2v) is 7.81. The Kier molecular flexibility index (Phi) is 4.06. The van der Waals surface area contributed by atoms with Crippen molar-refractivity contribution in [3.63, 3.8) is 0 Å². The van der Waals surface area contributed by atoms with Crippen LogP contribution in [0.25, 0.3) is 11.0 Å². The highest BCUT2D eigenvalue weighted by Crippen LogP contribution is 2.39. The maximum Gasteiger partial charge on any atom is 0.226 e. The number of nitrogens with zero attached hydrogens (tertiary/aromatic N) is 3. The Morgan fingerprint density at radius 3 is 2.92 bits per heavy atom. The Labute approximate surface area is 157 Å². The maximum absolute atomic E-state index is 6.12. The number of aromatic nitrogens is 3. The van der Waals surface area contributed by atoms with E-state index in [4.69, 9.17) is 11.6 Å². The van der Waals surface area contributed by atoms with Crippen LogP contribution in [0.1, 0.15) is 24.8 Å². The number of nitrogens with one attached hydrogen (secondary N) is 2. The first-order valence-electron chi connectivity index (χ1n) is 9.31. The molecule has 5 rings (SSSR count). The van der Waals surface area contributed by atoms with E-state index in [2.05, 4.69) is 55.5 Å². The second kappa shape index (κ2) is 6.56. The van der Waals surface area contributed by atoms with Gasteiger partial charge in [0.15, 0.2) is 0 Å². The van der Waals surface area contributed by atoms with Crippen molar-refractivity contribution in [1.82, 2.24) is 19.9 Å². The third-order valence-corrected chi connectivity index (χ3v) is 6.07. The van der Waals surface area contributed by atoms with Crippen LogP contribution >= 0.6 is 11.6 Å². The fourth-order valence-electron chi connectivity index (χ4n) is 4.61. The van der Waals surface area contributed by atoms with Gasteiger partial charge in [-0.3, -0.25) is 4.90 Å². The van der Waals surface area contributed by atoms with Gasteiger partial charge >= 0.3 is 0 Å². The van der Waals surface area contributed by atoms with E-state index < -0.39 is 0 Å². The smallest absolute Gasteiger partial charge is 0.226 e. The number of piperidine rings is 1. The minimum Gasteiger partial charge on any atom is -0.365 e. The normalized spacial score (nSPS) is 25.7. The van der Waals surface area contributed by atoms with Crippen LogP contribution in [0.3, 0.4) is 0 Å². The third-order valence-electron chi connectivity index (χ3n) is 5.90. The molecule has 3 atom stereocenters. The zero-order chi connectivity index (χ0) is 17.5. The average molecular weight is 368 g/mol. The van der Waals surface area contributed by atoms with Gasteiger partial charge in [0.25, 0.3) is 0 Å². The minimum atomic E-state index is 0.281. The summed E-state index contributed by atoms with van der Waals surface area (Å²) >= 11 is 6.12. The molecule has 134 valence electrons. The quantitative estimate of drug-likeness (QED) is 0.682. The van der Waals surface area contributed by atoms with Gasteiger partial charge in [-0.15, -0.1) is 0 Å². The van der Waals surface area contributed by atoms with Crippen LogP contribution in [-0.2, 0) is 6.54 Å². The number of fused-ring (bicyclic) bond motifs is 3.